The van der Waals surface area contributed by atoms with Crippen molar-refractivity contribution in [2.75, 3.05) is 6.61 Å². The van der Waals surface area contributed by atoms with Crippen LogP contribution >= 0.6 is 0 Å². The van der Waals surface area contributed by atoms with Crippen LogP contribution in [0.3, 0.4) is 0 Å². The largest absolute Gasteiger partial charge is 0.450 e. The Hall–Kier alpha value is -1.53. The number of allylic oxidation sites excluding steroid dienone is 1. The maximum Gasteiger partial charge on any atom is 0.306 e. The molecule has 0 aliphatic heterocycles. The number of ketones is 2. The molecule has 178 valence electrons. The Labute approximate surface area is 190 Å². The lowest BCUT2D eigenvalue weighted by Crippen LogP contribution is -2.63. The van der Waals surface area contributed by atoms with Crippen molar-refractivity contribution in [2.24, 2.45) is 28.6 Å². The Bertz CT molecular complexity index is 832. The molecular formula is C26H38O6. The molecule has 4 rings (SSSR count). The molecule has 0 aromatic carbocycles. The first-order valence-corrected chi connectivity index (χ1v) is 12.4. The topological polar surface area (TPSA) is 101 Å². The van der Waals surface area contributed by atoms with Crippen LogP contribution < -0.4 is 0 Å². The van der Waals surface area contributed by atoms with Crippen LogP contribution in [-0.2, 0) is 19.1 Å². The van der Waals surface area contributed by atoms with Gasteiger partial charge in [-0.05, 0) is 74.2 Å². The van der Waals surface area contributed by atoms with Gasteiger partial charge in [-0.15, -0.1) is 0 Å². The van der Waals surface area contributed by atoms with Crippen molar-refractivity contribution in [3.8, 4) is 0 Å². The molecule has 0 heterocycles. The molecule has 3 saturated carbocycles. The number of carbonyl (C=O) groups excluding carboxylic acids is 3. The molecule has 32 heavy (non-hydrogen) atoms. The van der Waals surface area contributed by atoms with Crippen LogP contribution in [0, 0.1) is 28.6 Å². The van der Waals surface area contributed by atoms with Crippen LogP contribution in [-0.4, -0.2) is 46.1 Å². The average Bonchev–Trinajstić information content (AvgIpc) is 3.04. The van der Waals surface area contributed by atoms with Gasteiger partial charge in [-0.3, -0.25) is 14.4 Å². The van der Waals surface area contributed by atoms with Gasteiger partial charge in [-0.25, -0.2) is 0 Å². The molecule has 4 aliphatic carbocycles. The summed E-state index contributed by atoms with van der Waals surface area (Å²) in [7, 11) is 0. The summed E-state index contributed by atoms with van der Waals surface area (Å²) in [5.41, 5.74) is -1.12. The molecule has 0 radical (unpaired) electrons. The monoisotopic (exact) mass is 446 g/mol. The molecular weight excluding hydrogens is 408 g/mol. The number of unbranched alkanes of at least 4 members (excludes halogenated alkanes) is 1. The number of esters is 1. The summed E-state index contributed by atoms with van der Waals surface area (Å²) >= 11 is 0. The van der Waals surface area contributed by atoms with Crippen LogP contribution in [0.5, 0.6) is 0 Å². The van der Waals surface area contributed by atoms with Gasteiger partial charge in [0.05, 0.1) is 6.10 Å². The lowest BCUT2D eigenvalue weighted by molar-refractivity contribution is -0.202. The van der Waals surface area contributed by atoms with Gasteiger partial charge in [0, 0.05) is 18.3 Å². The molecule has 0 saturated heterocycles. The fourth-order valence-electron chi connectivity index (χ4n) is 8.05. The van der Waals surface area contributed by atoms with E-state index in [-0.39, 0.29) is 35.4 Å². The molecule has 7 atom stereocenters. The van der Waals surface area contributed by atoms with E-state index in [0.29, 0.717) is 25.7 Å². The van der Waals surface area contributed by atoms with Gasteiger partial charge in [0.1, 0.15) is 6.61 Å². The second kappa shape index (κ2) is 8.35. The first kappa shape index (κ1) is 23.6. The van der Waals surface area contributed by atoms with E-state index >= 15 is 0 Å². The Morgan fingerprint density at radius 1 is 1.19 bits per heavy atom. The zero-order chi connectivity index (χ0) is 23.3. The van der Waals surface area contributed by atoms with Gasteiger partial charge in [0.2, 0.25) is 5.78 Å². The van der Waals surface area contributed by atoms with Gasteiger partial charge in [0.25, 0.3) is 0 Å². The van der Waals surface area contributed by atoms with Crippen molar-refractivity contribution in [2.45, 2.75) is 96.7 Å². The second-order valence-corrected chi connectivity index (χ2v) is 11.1. The van der Waals surface area contributed by atoms with Crippen LogP contribution in [0.1, 0.15) is 85.0 Å². The van der Waals surface area contributed by atoms with Gasteiger partial charge in [-0.2, -0.15) is 0 Å². The normalized spacial score (nSPS) is 43.0. The van der Waals surface area contributed by atoms with Crippen molar-refractivity contribution >= 4 is 17.5 Å². The molecule has 0 aromatic rings. The van der Waals surface area contributed by atoms with E-state index < -0.39 is 35.5 Å². The second-order valence-electron chi connectivity index (χ2n) is 11.1. The Morgan fingerprint density at radius 2 is 1.94 bits per heavy atom. The number of hydrogen-bond donors (Lipinski definition) is 2. The molecule has 0 spiro atoms. The molecule has 0 amide bonds. The summed E-state index contributed by atoms with van der Waals surface area (Å²) in [5.74, 6) is -0.297. The van der Waals surface area contributed by atoms with Crippen molar-refractivity contribution in [3.05, 3.63) is 11.6 Å². The molecule has 3 fully saturated rings. The van der Waals surface area contributed by atoms with E-state index in [1.165, 1.54) is 5.57 Å². The van der Waals surface area contributed by atoms with Crippen molar-refractivity contribution in [1.29, 1.82) is 0 Å². The zero-order valence-corrected chi connectivity index (χ0v) is 19.7. The molecule has 0 aromatic heterocycles. The number of fused-ring (bicyclic) bond motifs is 5. The third-order valence-corrected chi connectivity index (χ3v) is 9.63. The highest BCUT2D eigenvalue weighted by Crippen LogP contribution is 2.68. The van der Waals surface area contributed by atoms with Crippen LogP contribution in [0.2, 0.25) is 0 Å². The number of aliphatic hydroxyl groups is 2. The number of rotatable bonds is 6. The average molecular weight is 447 g/mol. The number of hydrogen-bond acceptors (Lipinski definition) is 6. The fourth-order valence-corrected chi connectivity index (χ4v) is 8.05. The number of ether oxygens (including phenoxy) is 1. The molecule has 0 unspecified atom stereocenters. The summed E-state index contributed by atoms with van der Waals surface area (Å²) in [6, 6.07) is 0. The highest BCUT2D eigenvalue weighted by molar-refractivity contribution is 5.92. The van der Waals surface area contributed by atoms with Crippen LogP contribution in [0.15, 0.2) is 11.6 Å². The van der Waals surface area contributed by atoms with E-state index in [1.807, 2.05) is 19.9 Å². The lowest BCUT2D eigenvalue weighted by atomic mass is 9.45. The van der Waals surface area contributed by atoms with E-state index in [2.05, 4.69) is 6.92 Å². The highest BCUT2D eigenvalue weighted by Gasteiger charge is 2.70. The van der Waals surface area contributed by atoms with Crippen LogP contribution in [0.25, 0.3) is 0 Å². The SMILES string of the molecule is CCCCC(=O)O[C@@]1(C(=O)CO)CC[C@@H]2[C@H]3CCC4=CC(=O)CC[C@]4(C)[C@@H]3[C@@H](O)C[C@]21C. The smallest absolute Gasteiger partial charge is 0.306 e. The molecule has 0 bridgehead atoms. The standard InChI is InChI=1S/C26H38O6/c1-4-5-6-22(31)32-26(21(30)15-27)12-10-19-18-8-7-16-13-17(28)9-11-24(16,2)23(18)20(29)14-25(19,26)3/h13,18-20,23,27,29H,4-12,14-15H2,1-3H3/t18-,19-,20+,23+,24+,25-,26-/m1/s1. The predicted octanol–water partition coefficient (Wildman–Crippen LogP) is 3.52. The van der Waals surface area contributed by atoms with E-state index in [9.17, 15) is 24.6 Å². The Kier molecular flexibility index (Phi) is 6.17. The van der Waals surface area contributed by atoms with Crippen molar-refractivity contribution in [3.63, 3.8) is 0 Å². The highest BCUT2D eigenvalue weighted by atomic mass is 16.6. The third-order valence-electron chi connectivity index (χ3n) is 9.63. The minimum absolute atomic E-state index is 0.0319. The lowest BCUT2D eigenvalue weighted by Gasteiger charge is -2.60. The molecule has 2 N–H and O–H groups in total. The zero-order valence-electron chi connectivity index (χ0n) is 19.7. The number of Topliss-reactive ketones (excluding diaryl/α,β-unsaturated/α-hetero) is 1. The molecule has 4 aliphatic rings. The molecule has 6 nitrogen and oxygen atoms in total. The maximum atomic E-state index is 13.1. The third kappa shape index (κ3) is 3.32. The van der Waals surface area contributed by atoms with E-state index in [1.54, 1.807) is 0 Å². The van der Waals surface area contributed by atoms with Crippen LogP contribution in [0.4, 0.5) is 0 Å². The minimum Gasteiger partial charge on any atom is -0.450 e. The van der Waals surface area contributed by atoms with Gasteiger partial charge in [-0.1, -0.05) is 32.8 Å². The van der Waals surface area contributed by atoms with Crippen molar-refractivity contribution < 1.29 is 29.3 Å². The summed E-state index contributed by atoms with van der Waals surface area (Å²) in [6.07, 6.45) is 7.44. The molecule has 6 heteroatoms. The van der Waals surface area contributed by atoms with Gasteiger partial charge < -0.3 is 14.9 Å². The summed E-state index contributed by atoms with van der Waals surface area (Å²) in [4.78, 5) is 37.9. The van der Waals surface area contributed by atoms with E-state index in [0.717, 1.165) is 32.1 Å². The Morgan fingerprint density at radius 3 is 2.62 bits per heavy atom. The van der Waals surface area contributed by atoms with Gasteiger partial charge in [0.15, 0.2) is 11.4 Å². The quantitative estimate of drug-likeness (QED) is 0.606. The first-order chi connectivity index (χ1) is 15.1. The van der Waals surface area contributed by atoms with Gasteiger partial charge >= 0.3 is 5.97 Å². The number of aliphatic hydroxyl groups excluding tert-OH is 2. The maximum absolute atomic E-state index is 13.1. The predicted molar refractivity (Wildman–Crippen MR) is 119 cm³/mol. The van der Waals surface area contributed by atoms with E-state index in [4.69, 9.17) is 4.74 Å². The first-order valence-electron chi connectivity index (χ1n) is 12.4. The van der Waals surface area contributed by atoms with Crippen molar-refractivity contribution in [1.82, 2.24) is 0 Å². The summed E-state index contributed by atoms with van der Waals surface area (Å²) < 4.78 is 5.98. The minimum atomic E-state index is -1.37. The number of carbonyl (C=O) groups is 3. The summed E-state index contributed by atoms with van der Waals surface area (Å²) in [5, 5.41) is 21.4. The summed E-state index contributed by atoms with van der Waals surface area (Å²) in [6.45, 7) is 5.51. The fraction of sp³-hybridized carbons (Fsp3) is 0.808. The Balaban J connectivity index is 1.70.